The molecule has 0 saturated carbocycles. The van der Waals surface area contributed by atoms with Crippen LogP contribution in [0.5, 0.6) is 0 Å². The van der Waals surface area contributed by atoms with Crippen LogP contribution in [0.15, 0.2) is 27.6 Å². The highest BCUT2D eigenvalue weighted by atomic mass is 35.5. The molecule has 0 atom stereocenters. The van der Waals surface area contributed by atoms with E-state index < -0.39 is 10.0 Å². The van der Waals surface area contributed by atoms with Crippen molar-refractivity contribution < 1.29 is 18.0 Å². The summed E-state index contributed by atoms with van der Waals surface area (Å²) in [5.41, 5.74) is 0.457. The average molecular weight is 318 g/mol. The van der Waals surface area contributed by atoms with Crippen LogP contribution in [0.25, 0.3) is 0 Å². The summed E-state index contributed by atoms with van der Waals surface area (Å²) in [6, 6.07) is 4.08. The molecule has 1 heterocycles. The Labute approximate surface area is 120 Å². The summed E-state index contributed by atoms with van der Waals surface area (Å²) in [4.78, 5) is 3.88. The van der Waals surface area contributed by atoms with Crippen molar-refractivity contribution in [2.24, 2.45) is 0 Å². The number of aryl methyl sites for hydroxylation is 1. The Morgan fingerprint density at radius 3 is 2.75 bits per heavy atom. The maximum absolute atomic E-state index is 12.0. The number of sulfonamides is 1. The molecule has 2 N–H and O–H groups in total. The minimum Gasteiger partial charge on any atom is -0.392 e. The van der Waals surface area contributed by atoms with Crippen LogP contribution in [0, 0.1) is 6.92 Å². The van der Waals surface area contributed by atoms with E-state index in [-0.39, 0.29) is 29.0 Å². The molecule has 0 radical (unpaired) electrons. The largest absolute Gasteiger partial charge is 0.392 e. The Morgan fingerprint density at radius 2 is 2.20 bits per heavy atom. The number of halogens is 1. The third kappa shape index (κ3) is 3.34. The Bertz CT molecular complexity index is 714. The highest BCUT2D eigenvalue weighted by molar-refractivity contribution is 7.89. The number of aliphatic hydroxyl groups is 1. The van der Waals surface area contributed by atoms with E-state index in [0.717, 1.165) is 0 Å². The summed E-state index contributed by atoms with van der Waals surface area (Å²) in [6.45, 7) is 1.27. The van der Waals surface area contributed by atoms with E-state index in [0.29, 0.717) is 11.4 Å². The van der Waals surface area contributed by atoms with Crippen molar-refractivity contribution in [3.05, 3.63) is 40.5 Å². The zero-order valence-corrected chi connectivity index (χ0v) is 12.1. The number of benzene rings is 1. The van der Waals surface area contributed by atoms with Gasteiger partial charge in [0.2, 0.25) is 15.9 Å². The molecule has 0 spiro atoms. The lowest BCUT2D eigenvalue weighted by atomic mass is 10.2. The summed E-state index contributed by atoms with van der Waals surface area (Å²) in [6.07, 6.45) is 0. The summed E-state index contributed by atoms with van der Waals surface area (Å²) >= 11 is 5.86. The molecular weight excluding hydrogens is 306 g/mol. The van der Waals surface area contributed by atoms with Gasteiger partial charge in [-0.3, -0.25) is 0 Å². The van der Waals surface area contributed by atoms with E-state index in [2.05, 4.69) is 14.9 Å². The fraction of sp³-hybridized carbons (Fsp3) is 0.273. The molecule has 0 saturated heterocycles. The molecule has 0 aliphatic rings. The molecule has 1 aromatic heterocycles. The van der Waals surface area contributed by atoms with Crippen LogP contribution >= 0.6 is 11.6 Å². The van der Waals surface area contributed by atoms with Crippen molar-refractivity contribution in [2.45, 2.75) is 25.0 Å². The van der Waals surface area contributed by atoms with Crippen LogP contribution in [-0.4, -0.2) is 23.7 Å². The minimum atomic E-state index is -3.74. The Balaban J connectivity index is 2.15. The summed E-state index contributed by atoms with van der Waals surface area (Å²) in [5.74, 6) is 0.596. The highest BCUT2D eigenvalue weighted by Crippen LogP contribution is 2.20. The molecule has 20 heavy (non-hydrogen) atoms. The molecule has 7 nitrogen and oxygen atoms in total. The second kappa shape index (κ2) is 5.88. The Morgan fingerprint density at radius 1 is 1.45 bits per heavy atom. The number of hydrogen-bond acceptors (Lipinski definition) is 6. The molecule has 0 amide bonds. The third-order valence-corrected chi connectivity index (χ3v) is 4.24. The van der Waals surface area contributed by atoms with Gasteiger partial charge in [0.1, 0.15) is 0 Å². The predicted molar refractivity (Wildman–Crippen MR) is 70.4 cm³/mol. The smallest absolute Gasteiger partial charge is 0.241 e. The van der Waals surface area contributed by atoms with Crippen molar-refractivity contribution in [1.82, 2.24) is 14.9 Å². The zero-order valence-electron chi connectivity index (χ0n) is 10.5. The number of aromatic nitrogens is 2. The van der Waals surface area contributed by atoms with Gasteiger partial charge in [0.05, 0.1) is 18.0 Å². The van der Waals surface area contributed by atoms with E-state index >= 15 is 0 Å². The first-order valence-corrected chi connectivity index (χ1v) is 7.46. The van der Waals surface area contributed by atoms with Crippen LogP contribution in [0.2, 0.25) is 5.02 Å². The quantitative estimate of drug-likeness (QED) is 0.852. The number of rotatable bonds is 5. The predicted octanol–water partition coefficient (Wildman–Crippen LogP) is 1.00. The number of nitrogens with zero attached hydrogens (tertiary/aromatic N) is 2. The lowest BCUT2D eigenvalue weighted by molar-refractivity contribution is 0.282. The maximum atomic E-state index is 12.0. The minimum absolute atomic E-state index is 0.00376. The fourth-order valence-electron chi connectivity index (χ4n) is 1.48. The van der Waals surface area contributed by atoms with Gasteiger partial charge in [0.25, 0.3) is 0 Å². The molecule has 0 aliphatic heterocycles. The normalized spacial score (nSPS) is 11.8. The molecule has 9 heteroatoms. The standard InChI is InChI=1S/C11H12ClN3O4S/c1-7-14-11(19-15-7)5-13-20(17,18)9-3-2-8(6-16)10(12)4-9/h2-4,13,16H,5-6H2,1H3. The topological polar surface area (TPSA) is 105 Å². The average Bonchev–Trinajstić information content (AvgIpc) is 2.82. The summed E-state index contributed by atoms with van der Waals surface area (Å²) in [7, 11) is -3.74. The molecule has 0 bridgehead atoms. The van der Waals surface area contributed by atoms with Crippen molar-refractivity contribution in [3.8, 4) is 0 Å². The summed E-state index contributed by atoms with van der Waals surface area (Å²) in [5, 5.41) is 12.7. The van der Waals surface area contributed by atoms with Crippen LogP contribution in [-0.2, 0) is 23.2 Å². The lowest BCUT2D eigenvalue weighted by Gasteiger charge is -2.07. The van der Waals surface area contributed by atoms with Gasteiger partial charge in [-0.15, -0.1) is 0 Å². The number of nitrogens with one attached hydrogen (secondary N) is 1. The fourth-order valence-corrected chi connectivity index (χ4v) is 2.78. The molecule has 108 valence electrons. The van der Waals surface area contributed by atoms with Crippen LogP contribution in [0.1, 0.15) is 17.3 Å². The maximum Gasteiger partial charge on any atom is 0.241 e. The van der Waals surface area contributed by atoms with Gasteiger partial charge < -0.3 is 9.63 Å². The van der Waals surface area contributed by atoms with E-state index in [4.69, 9.17) is 21.2 Å². The molecule has 2 aromatic rings. The second-order valence-electron chi connectivity index (χ2n) is 3.97. The van der Waals surface area contributed by atoms with Crippen molar-refractivity contribution >= 4 is 21.6 Å². The van der Waals surface area contributed by atoms with Crippen LogP contribution < -0.4 is 4.72 Å². The van der Waals surface area contributed by atoms with Crippen molar-refractivity contribution in [2.75, 3.05) is 0 Å². The SMILES string of the molecule is Cc1noc(CNS(=O)(=O)c2ccc(CO)c(Cl)c2)n1. The van der Waals surface area contributed by atoms with Crippen LogP contribution in [0.3, 0.4) is 0 Å². The molecule has 0 unspecified atom stereocenters. The van der Waals surface area contributed by atoms with E-state index in [1.165, 1.54) is 18.2 Å². The number of hydrogen-bond donors (Lipinski definition) is 2. The van der Waals surface area contributed by atoms with Gasteiger partial charge in [0, 0.05) is 5.02 Å². The molecule has 2 rings (SSSR count). The molecule has 0 aliphatic carbocycles. The molecule has 0 fully saturated rings. The van der Waals surface area contributed by atoms with E-state index in [1.807, 2.05) is 0 Å². The first-order valence-electron chi connectivity index (χ1n) is 5.60. The van der Waals surface area contributed by atoms with Crippen molar-refractivity contribution in [1.29, 1.82) is 0 Å². The monoisotopic (exact) mass is 317 g/mol. The molecular formula is C11H12ClN3O4S. The Hall–Kier alpha value is -1.48. The highest BCUT2D eigenvalue weighted by Gasteiger charge is 2.16. The first kappa shape index (κ1) is 14.9. The van der Waals surface area contributed by atoms with Gasteiger partial charge in [0.15, 0.2) is 5.82 Å². The van der Waals surface area contributed by atoms with E-state index in [1.54, 1.807) is 6.92 Å². The van der Waals surface area contributed by atoms with Gasteiger partial charge in [-0.1, -0.05) is 22.8 Å². The molecule has 1 aromatic carbocycles. The van der Waals surface area contributed by atoms with Crippen molar-refractivity contribution in [3.63, 3.8) is 0 Å². The van der Waals surface area contributed by atoms with Crippen LogP contribution in [0.4, 0.5) is 0 Å². The van der Waals surface area contributed by atoms with Gasteiger partial charge in [-0.2, -0.15) is 4.98 Å². The summed E-state index contributed by atoms with van der Waals surface area (Å²) < 4.78 is 31.2. The third-order valence-electron chi connectivity index (χ3n) is 2.49. The van der Waals surface area contributed by atoms with E-state index in [9.17, 15) is 8.42 Å². The second-order valence-corrected chi connectivity index (χ2v) is 6.15. The lowest BCUT2D eigenvalue weighted by Crippen LogP contribution is -2.23. The van der Waals surface area contributed by atoms with Gasteiger partial charge in [-0.25, -0.2) is 13.1 Å². The van der Waals surface area contributed by atoms with Gasteiger partial charge in [-0.05, 0) is 24.6 Å². The van der Waals surface area contributed by atoms with Gasteiger partial charge >= 0.3 is 0 Å². The number of aliphatic hydroxyl groups excluding tert-OH is 1. The Kier molecular flexibility index (Phi) is 4.39. The first-order chi connectivity index (χ1) is 9.42. The zero-order chi connectivity index (χ0) is 14.8.